The van der Waals surface area contributed by atoms with Crippen molar-refractivity contribution in [3.63, 3.8) is 0 Å². The van der Waals surface area contributed by atoms with Gasteiger partial charge in [-0.2, -0.15) is 0 Å². The molecule has 125 valence electrons. The summed E-state index contributed by atoms with van der Waals surface area (Å²) in [5.74, 6) is 0. The van der Waals surface area contributed by atoms with Crippen molar-refractivity contribution < 1.29 is 26.0 Å². The molecule has 1 saturated heterocycles. The average Bonchev–Trinajstić information content (AvgIpc) is 2.41. The molecule has 0 bridgehead atoms. The second kappa shape index (κ2) is 5.79. The molecular formula is C12H16F5N3OP. The van der Waals surface area contributed by atoms with Crippen LogP contribution in [0.3, 0.4) is 0 Å². The van der Waals surface area contributed by atoms with Gasteiger partial charge in [0.25, 0.3) is 0 Å². The van der Waals surface area contributed by atoms with E-state index in [1.54, 1.807) is 12.6 Å². The third-order valence-corrected chi connectivity index (χ3v) is 4.30. The molecule has 4 nitrogen and oxygen atoms in total. The Hall–Kier alpha value is -1.18. The van der Waals surface area contributed by atoms with Gasteiger partial charge < -0.3 is 0 Å². The normalized spacial score (nSPS) is 18.0. The fourth-order valence-corrected chi connectivity index (χ4v) is 3.04. The maximum atomic E-state index is 12.9. The Morgan fingerprint density at radius 2 is 1.68 bits per heavy atom. The van der Waals surface area contributed by atoms with E-state index in [1.165, 1.54) is 13.0 Å². The van der Waals surface area contributed by atoms with Crippen LogP contribution in [0, 0.1) is 13.8 Å². The predicted octanol–water partition coefficient (Wildman–Crippen LogP) is 4.36. The number of nitrogens with zero attached hydrogens (tertiary/aromatic N) is 3. The van der Waals surface area contributed by atoms with Crippen molar-refractivity contribution in [2.45, 2.75) is 13.8 Å². The van der Waals surface area contributed by atoms with Gasteiger partial charge in [-0.05, 0) is 0 Å². The number of ether oxygens (including phenoxy) is 1. The quantitative estimate of drug-likeness (QED) is 0.462. The molecule has 1 aliphatic heterocycles. The van der Waals surface area contributed by atoms with Gasteiger partial charge in [-0.25, -0.2) is 0 Å². The minimum atomic E-state index is -8.35. The zero-order valence-electron chi connectivity index (χ0n) is 12.1. The van der Waals surface area contributed by atoms with Crippen LogP contribution in [0.15, 0.2) is 12.1 Å². The van der Waals surface area contributed by atoms with Crippen molar-refractivity contribution in [1.82, 2.24) is 5.65 Å². The van der Waals surface area contributed by atoms with Gasteiger partial charge in [0.15, 0.2) is 0 Å². The summed E-state index contributed by atoms with van der Waals surface area (Å²) in [7, 11) is -8.35. The fourth-order valence-electron chi connectivity index (χ4n) is 2.40. The first-order chi connectivity index (χ1) is 10.1. The molecule has 0 atom stereocenters. The Morgan fingerprint density at radius 1 is 1.09 bits per heavy atom. The van der Waals surface area contributed by atoms with Crippen LogP contribution >= 0.6 is 8.00 Å². The number of hydrogen-bond donors (Lipinski definition) is 0. The van der Waals surface area contributed by atoms with E-state index >= 15 is 0 Å². The van der Waals surface area contributed by atoms with Crippen LogP contribution in [0.4, 0.5) is 32.6 Å². The van der Waals surface area contributed by atoms with Gasteiger partial charge in [-0.1, -0.05) is 0 Å². The monoisotopic (exact) mass is 344 g/mol. The van der Waals surface area contributed by atoms with Crippen LogP contribution in [0.5, 0.6) is 0 Å². The summed E-state index contributed by atoms with van der Waals surface area (Å²) in [6.07, 6.45) is 0. The Morgan fingerprint density at radius 3 is 2.18 bits per heavy atom. The number of hydrogen-bond acceptors (Lipinski definition) is 3. The first-order valence-corrected chi connectivity index (χ1v) is 8.31. The van der Waals surface area contributed by atoms with E-state index in [9.17, 15) is 21.3 Å². The Bertz CT molecular complexity index is 550. The molecule has 1 heterocycles. The van der Waals surface area contributed by atoms with Gasteiger partial charge in [-0.3, -0.25) is 0 Å². The Kier molecular flexibility index (Phi) is 4.52. The number of halogens is 5. The molecule has 0 aliphatic carbocycles. The van der Waals surface area contributed by atoms with E-state index in [-0.39, 0.29) is 5.56 Å². The molecule has 1 aromatic carbocycles. The second-order valence-electron chi connectivity index (χ2n) is 5.08. The van der Waals surface area contributed by atoms with Gasteiger partial charge in [0.1, 0.15) is 0 Å². The first-order valence-electron chi connectivity index (χ1n) is 6.56. The van der Waals surface area contributed by atoms with Crippen molar-refractivity contribution >= 4 is 19.4 Å². The molecule has 0 amide bonds. The summed E-state index contributed by atoms with van der Waals surface area (Å²) in [5, 5.41) is 0. The summed E-state index contributed by atoms with van der Waals surface area (Å²) in [5.41, 5.74) is 2.26. The average molecular weight is 344 g/mol. The topological polar surface area (TPSA) is 29.8 Å². The van der Waals surface area contributed by atoms with Crippen molar-refractivity contribution in [3.05, 3.63) is 23.3 Å². The minimum absolute atomic E-state index is 0.0908. The molecule has 1 aromatic rings. The van der Waals surface area contributed by atoms with Crippen LogP contribution in [0.25, 0.3) is 0 Å². The van der Waals surface area contributed by atoms with Gasteiger partial charge in [0, 0.05) is 0 Å². The van der Waals surface area contributed by atoms with Crippen molar-refractivity contribution in [2.75, 3.05) is 36.0 Å². The van der Waals surface area contributed by atoms with Gasteiger partial charge in [0.05, 0.1) is 0 Å². The maximum absolute atomic E-state index is 12.9. The van der Waals surface area contributed by atoms with Crippen LogP contribution in [-0.4, -0.2) is 26.3 Å². The molecule has 0 N–H and O–H groups in total. The number of anilines is 2. The van der Waals surface area contributed by atoms with E-state index in [1.807, 2.05) is 4.90 Å². The standard InChI is InChI=1S/C12H16F5N3OP/c1-9-8-12(20(18-13)22(14,15,16)17)10(2)7-11(9)19-3-5-21-6-4-19/h7-8H,3-6H2,1-2H3. The van der Waals surface area contributed by atoms with Crippen LogP contribution in [0.2, 0.25) is 0 Å². The zero-order valence-corrected chi connectivity index (χ0v) is 13.0. The summed E-state index contributed by atoms with van der Waals surface area (Å²) >= 11 is 0. The molecule has 0 spiro atoms. The van der Waals surface area contributed by atoms with Crippen molar-refractivity contribution in [2.24, 2.45) is 0 Å². The molecule has 10 heteroatoms. The molecule has 1 fully saturated rings. The molecule has 0 saturated carbocycles. The van der Waals surface area contributed by atoms with Gasteiger partial charge in [-0.15, -0.1) is 0 Å². The molecule has 0 aromatic heterocycles. The first kappa shape index (κ1) is 17.2. The SMILES string of the molecule is Cc1cc(N([N]F)P(F)(F)(F)F)c(C)cc1N1CCOCC1. The van der Waals surface area contributed by atoms with Gasteiger partial charge in [0.2, 0.25) is 0 Å². The Labute approximate surface area is 125 Å². The second-order valence-corrected chi connectivity index (χ2v) is 6.83. The van der Waals surface area contributed by atoms with Crippen LogP contribution in [0.1, 0.15) is 11.1 Å². The van der Waals surface area contributed by atoms with Crippen molar-refractivity contribution in [1.29, 1.82) is 0 Å². The van der Waals surface area contributed by atoms with Gasteiger partial charge >= 0.3 is 124 Å². The van der Waals surface area contributed by atoms with E-state index in [4.69, 9.17) is 4.74 Å². The number of benzene rings is 1. The van der Waals surface area contributed by atoms with Crippen molar-refractivity contribution in [3.8, 4) is 0 Å². The number of rotatable bonds is 4. The van der Waals surface area contributed by atoms with Crippen LogP contribution < -0.4 is 15.3 Å². The predicted molar refractivity (Wildman–Crippen MR) is 76.0 cm³/mol. The molecule has 1 radical (unpaired) electrons. The summed E-state index contributed by atoms with van der Waals surface area (Å²) < 4.78 is 68.2. The number of aryl methyl sites for hydroxylation is 2. The third kappa shape index (κ3) is 3.59. The van der Waals surface area contributed by atoms with E-state index in [0.717, 1.165) is 11.8 Å². The Balaban J connectivity index is 2.41. The van der Waals surface area contributed by atoms with E-state index in [2.05, 4.69) is 0 Å². The molecule has 0 unspecified atom stereocenters. The third-order valence-electron chi connectivity index (χ3n) is 3.44. The zero-order chi connectivity index (χ0) is 16.6. The summed E-state index contributed by atoms with van der Waals surface area (Å²) in [4.78, 5) is 1.96. The summed E-state index contributed by atoms with van der Waals surface area (Å²) in [6.45, 7) is 5.20. The molecule has 1 aliphatic rings. The molecular weight excluding hydrogens is 328 g/mol. The molecule has 22 heavy (non-hydrogen) atoms. The molecule has 2 rings (SSSR count). The van der Waals surface area contributed by atoms with E-state index < -0.39 is 18.5 Å². The van der Waals surface area contributed by atoms with E-state index in [0.29, 0.717) is 31.9 Å². The summed E-state index contributed by atoms with van der Waals surface area (Å²) in [6, 6.07) is 2.58. The van der Waals surface area contributed by atoms with Crippen LogP contribution in [-0.2, 0) is 4.74 Å². The fraction of sp³-hybridized carbons (Fsp3) is 0.500. The number of morpholine rings is 1.